The van der Waals surface area contributed by atoms with Crippen LogP contribution in [0.3, 0.4) is 0 Å². The lowest BCUT2D eigenvalue weighted by Gasteiger charge is -2.43. The minimum absolute atomic E-state index is 0.0201. The van der Waals surface area contributed by atoms with Crippen LogP contribution in [0.1, 0.15) is 52.0 Å². The minimum Gasteiger partial charge on any atom is -0.496 e. The second-order valence-corrected chi connectivity index (χ2v) is 14.7. The molecular weight excluding hydrogens is 448 g/mol. The number of aliphatic hydroxyl groups is 1. The molecule has 188 valence electrons. The van der Waals surface area contributed by atoms with Gasteiger partial charge in [0, 0.05) is 13.2 Å². The third-order valence-electron chi connectivity index (χ3n) is 7.05. The molecule has 4 heteroatoms. The first kappa shape index (κ1) is 27.2. The van der Waals surface area contributed by atoms with Crippen molar-refractivity contribution in [2.24, 2.45) is 5.92 Å². The van der Waals surface area contributed by atoms with E-state index in [1.54, 1.807) is 7.11 Å². The Labute approximate surface area is 213 Å². The monoisotopic (exact) mass is 490 g/mol. The van der Waals surface area contributed by atoms with E-state index < -0.39 is 8.32 Å². The molecular formula is C31H42O3Si. The van der Waals surface area contributed by atoms with Gasteiger partial charge in [0.2, 0.25) is 0 Å². The quantitative estimate of drug-likeness (QED) is 0.299. The maximum Gasteiger partial charge on any atom is 0.261 e. The molecule has 1 unspecified atom stereocenters. The number of para-hydroxylation sites is 1. The average molecular weight is 491 g/mol. The lowest BCUT2D eigenvalue weighted by molar-refractivity contribution is 0.231. The van der Waals surface area contributed by atoms with Crippen LogP contribution < -0.4 is 15.1 Å². The first-order chi connectivity index (χ1) is 16.9. The molecule has 0 aromatic heterocycles. The number of methoxy groups -OCH3 is 1. The molecule has 0 aliphatic carbocycles. The van der Waals surface area contributed by atoms with Crippen LogP contribution in [0, 0.1) is 5.92 Å². The summed E-state index contributed by atoms with van der Waals surface area (Å²) < 4.78 is 12.7. The smallest absolute Gasteiger partial charge is 0.261 e. The van der Waals surface area contributed by atoms with E-state index in [1.807, 2.05) is 12.1 Å². The molecule has 3 rings (SSSR count). The molecule has 1 atom stereocenters. The van der Waals surface area contributed by atoms with Gasteiger partial charge in [0.25, 0.3) is 8.32 Å². The van der Waals surface area contributed by atoms with E-state index in [9.17, 15) is 5.11 Å². The number of ether oxygens (including phenoxy) is 1. The van der Waals surface area contributed by atoms with E-state index in [1.165, 1.54) is 15.9 Å². The van der Waals surface area contributed by atoms with Gasteiger partial charge < -0.3 is 14.3 Å². The number of aryl methyl sites for hydroxylation is 1. The molecule has 0 heterocycles. The fraction of sp³-hybridized carbons (Fsp3) is 0.419. The maximum absolute atomic E-state index is 9.50. The molecule has 0 aliphatic heterocycles. The Hall–Kier alpha value is -2.40. The second kappa shape index (κ2) is 13.1. The van der Waals surface area contributed by atoms with Crippen LogP contribution in [0.4, 0.5) is 0 Å². The molecule has 3 nitrogen and oxygen atoms in total. The minimum atomic E-state index is -2.52. The summed E-state index contributed by atoms with van der Waals surface area (Å²) in [5, 5.41) is 12.1. The molecule has 3 aromatic carbocycles. The molecule has 35 heavy (non-hydrogen) atoms. The van der Waals surface area contributed by atoms with E-state index in [4.69, 9.17) is 9.16 Å². The highest BCUT2D eigenvalue weighted by molar-refractivity contribution is 6.99. The van der Waals surface area contributed by atoms with Gasteiger partial charge in [0.05, 0.1) is 7.11 Å². The first-order valence-corrected chi connectivity index (χ1v) is 14.8. The fourth-order valence-corrected chi connectivity index (χ4v) is 9.80. The fourth-order valence-electron chi connectivity index (χ4n) is 5.22. The Morgan fingerprint density at radius 1 is 0.771 bits per heavy atom. The Morgan fingerprint density at radius 3 is 1.89 bits per heavy atom. The van der Waals surface area contributed by atoms with Crippen molar-refractivity contribution in [3.63, 3.8) is 0 Å². The van der Waals surface area contributed by atoms with Crippen LogP contribution in [-0.4, -0.2) is 33.7 Å². The van der Waals surface area contributed by atoms with Crippen molar-refractivity contribution in [1.29, 1.82) is 0 Å². The SMILES string of the molecule is COc1ccccc1CCC(CCCO)CCO[Si](c1ccccc1)(c1ccccc1)C(C)(C)C. The summed E-state index contributed by atoms with van der Waals surface area (Å²) in [6.45, 7) is 7.93. The van der Waals surface area contributed by atoms with Gasteiger partial charge in [-0.2, -0.15) is 0 Å². The topological polar surface area (TPSA) is 38.7 Å². The molecule has 0 saturated carbocycles. The van der Waals surface area contributed by atoms with Crippen molar-refractivity contribution in [2.75, 3.05) is 20.3 Å². The summed E-state index contributed by atoms with van der Waals surface area (Å²) in [7, 11) is -0.782. The maximum atomic E-state index is 9.50. The van der Waals surface area contributed by atoms with Gasteiger partial charge in [-0.1, -0.05) is 99.6 Å². The van der Waals surface area contributed by atoms with Gasteiger partial charge in [0.1, 0.15) is 5.75 Å². The average Bonchev–Trinajstić information content (AvgIpc) is 2.88. The lowest BCUT2D eigenvalue weighted by Crippen LogP contribution is -2.66. The van der Waals surface area contributed by atoms with Crippen molar-refractivity contribution in [2.45, 2.75) is 57.9 Å². The van der Waals surface area contributed by atoms with Crippen molar-refractivity contribution >= 4 is 18.7 Å². The standard InChI is InChI=1S/C31H42O3Si/c1-31(2,3)35(28-16-7-5-8-17-28,29-18-9-6-10-19-29)34-25-23-26(14-13-24-32)21-22-27-15-11-12-20-30(27)33-4/h5-12,15-20,26,32H,13-14,21-25H2,1-4H3. The molecule has 3 aromatic rings. The first-order valence-electron chi connectivity index (χ1n) is 12.9. The highest BCUT2D eigenvalue weighted by Crippen LogP contribution is 2.37. The largest absolute Gasteiger partial charge is 0.496 e. The number of hydrogen-bond acceptors (Lipinski definition) is 3. The van der Waals surface area contributed by atoms with E-state index in [-0.39, 0.29) is 11.6 Å². The Balaban J connectivity index is 1.81. The zero-order valence-electron chi connectivity index (χ0n) is 21.9. The Bertz CT molecular complexity index is 959. The number of rotatable bonds is 13. The van der Waals surface area contributed by atoms with Gasteiger partial charge in [0.15, 0.2) is 0 Å². The van der Waals surface area contributed by atoms with E-state index in [0.29, 0.717) is 5.92 Å². The van der Waals surface area contributed by atoms with Gasteiger partial charge in [-0.05, 0) is 65.1 Å². The predicted molar refractivity (Wildman–Crippen MR) is 149 cm³/mol. The van der Waals surface area contributed by atoms with Crippen LogP contribution in [0.25, 0.3) is 0 Å². The normalized spacial score (nSPS) is 12.9. The zero-order valence-corrected chi connectivity index (χ0v) is 22.9. The van der Waals surface area contributed by atoms with Crippen LogP contribution in [0.2, 0.25) is 5.04 Å². The van der Waals surface area contributed by atoms with Crippen molar-refractivity contribution < 1.29 is 14.3 Å². The number of benzene rings is 3. The van der Waals surface area contributed by atoms with Crippen molar-refractivity contribution in [1.82, 2.24) is 0 Å². The lowest BCUT2D eigenvalue weighted by atomic mass is 9.92. The Kier molecular flexibility index (Phi) is 10.1. The molecule has 0 amide bonds. The predicted octanol–water partition coefficient (Wildman–Crippen LogP) is 5.98. The van der Waals surface area contributed by atoms with Crippen LogP contribution in [0.5, 0.6) is 5.75 Å². The summed E-state index contributed by atoms with van der Waals surface area (Å²) in [6.07, 6.45) is 4.86. The highest BCUT2D eigenvalue weighted by Gasteiger charge is 2.50. The van der Waals surface area contributed by atoms with Gasteiger partial charge in [-0.3, -0.25) is 0 Å². The molecule has 0 fully saturated rings. The summed E-state index contributed by atoms with van der Waals surface area (Å²) >= 11 is 0. The summed E-state index contributed by atoms with van der Waals surface area (Å²) in [4.78, 5) is 0. The third kappa shape index (κ3) is 6.84. The van der Waals surface area contributed by atoms with E-state index in [0.717, 1.165) is 44.5 Å². The highest BCUT2D eigenvalue weighted by atomic mass is 28.4. The summed E-state index contributed by atoms with van der Waals surface area (Å²) in [6, 6.07) is 30.0. The van der Waals surface area contributed by atoms with Gasteiger partial charge >= 0.3 is 0 Å². The van der Waals surface area contributed by atoms with Crippen LogP contribution in [-0.2, 0) is 10.8 Å². The van der Waals surface area contributed by atoms with Gasteiger partial charge in [-0.15, -0.1) is 0 Å². The summed E-state index contributed by atoms with van der Waals surface area (Å²) in [5.41, 5.74) is 1.25. The second-order valence-electron chi connectivity index (χ2n) is 10.4. The van der Waals surface area contributed by atoms with Crippen LogP contribution >= 0.6 is 0 Å². The van der Waals surface area contributed by atoms with E-state index >= 15 is 0 Å². The molecule has 0 saturated heterocycles. The number of aliphatic hydroxyl groups excluding tert-OH is 1. The number of hydrogen-bond donors (Lipinski definition) is 1. The molecule has 0 aliphatic rings. The molecule has 0 spiro atoms. The zero-order chi connectivity index (χ0) is 25.2. The van der Waals surface area contributed by atoms with E-state index in [2.05, 4.69) is 93.6 Å². The van der Waals surface area contributed by atoms with Crippen molar-refractivity contribution in [3.05, 3.63) is 90.5 Å². The molecule has 1 N–H and O–H groups in total. The Morgan fingerprint density at radius 2 is 1.34 bits per heavy atom. The van der Waals surface area contributed by atoms with Crippen molar-refractivity contribution in [3.8, 4) is 5.75 Å². The van der Waals surface area contributed by atoms with Crippen LogP contribution in [0.15, 0.2) is 84.9 Å². The molecule has 0 radical (unpaired) electrons. The van der Waals surface area contributed by atoms with Gasteiger partial charge in [-0.25, -0.2) is 0 Å². The third-order valence-corrected chi connectivity index (χ3v) is 12.1. The summed E-state index contributed by atoms with van der Waals surface area (Å²) in [5.74, 6) is 1.45. The molecule has 0 bridgehead atoms.